The largest absolute Gasteiger partial charge is 0.478 e. The summed E-state index contributed by atoms with van der Waals surface area (Å²) >= 11 is 0. The van der Waals surface area contributed by atoms with Gasteiger partial charge in [-0.3, -0.25) is 4.79 Å². The fourth-order valence-electron chi connectivity index (χ4n) is 13.6. The Bertz CT molecular complexity index is 1380. The summed E-state index contributed by atoms with van der Waals surface area (Å²) in [5, 5.41) is 17.3. The van der Waals surface area contributed by atoms with E-state index in [2.05, 4.69) is 57.4 Å². The number of carbonyl (C=O) groups excluding carboxylic acids is 1. The molecule has 1 aromatic rings. The maximum Gasteiger partial charge on any atom is 0.335 e. The molecule has 7 rings (SSSR count). The summed E-state index contributed by atoms with van der Waals surface area (Å²) in [6.07, 6.45) is 11.2. The first-order chi connectivity index (χ1) is 21.1. The number of likely N-dealkylation sites (N-methyl/N-ethyl adjacent to an activating group) is 1. The number of carboxylic acid groups (broad SMARTS) is 1. The minimum atomic E-state index is -0.865. The third kappa shape index (κ3) is 4.05. The zero-order valence-electron chi connectivity index (χ0n) is 28.8. The van der Waals surface area contributed by atoms with Gasteiger partial charge in [-0.1, -0.05) is 39.8 Å². The summed E-state index contributed by atoms with van der Waals surface area (Å²) in [6.45, 7) is 12.8. The maximum absolute atomic E-state index is 13.3. The van der Waals surface area contributed by atoms with Gasteiger partial charge in [0.2, 0.25) is 5.91 Å². The predicted octanol–water partition coefficient (Wildman–Crippen LogP) is 5.79. The molecule has 5 N–H and O–H groups in total. The summed E-state index contributed by atoms with van der Waals surface area (Å²) in [5.41, 5.74) is 9.57. The van der Waals surface area contributed by atoms with Crippen molar-refractivity contribution in [1.82, 2.24) is 15.5 Å². The molecule has 7 nitrogen and oxygen atoms in total. The zero-order chi connectivity index (χ0) is 32.4. The molecule has 7 heteroatoms. The number of nitrogens with one attached hydrogen (secondary N) is 2. The van der Waals surface area contributed by atoms with Gasteiger partial charge in [0.05, 0.1) is 12.1 Å². The van der Waals surface area contributed by atoms with Crippen LogP contribution in [0.3, 0.4) is 0 Å². The number of nitrogens with zero attached hydrogens (tertiary/aromatic N) is 1. The second kappa shape index (κ2) is 10.0. The van der Waals surface area contributed by atoms with E-state index in [9.17, 15) is 14.7 Å². The van der Waals surface area contributed by atoms with Gasteiger partial charge in [0, 0.05) is 28.1 Å². The lowest BCUT2D eigenvalue weighted by Gasteiger charge is -2.71. The lowest BCUT2D eigenvalue weighted by Crippen LogP contribution is -2.76. The molecule has 1 saturated heterocycles. The Morgan fingerprint density at radius 3 is 2.31 bits per heavy atom. The molecule has 6 aliphatic rings. The van der Waals surface area contributed by atoms with Crippen molar-refractivity contribution in [2.24, 2.45) is 46.2 Å². The van der Waals surface area contributed by atoms with Gasteiger partial charge in [-0.05, 0) is 143 Å². The summed E-state index contributed by atoms with van der Waals surface area (Å²) in [6, 6.07) is 7.67. The summed E-state index contributed by atoms with van der Waals surface area (Å²) in [5.74, 6) is 2.29. The third-order valence-corrected chi connectivity index (χ3v) is 15.7. The van der Waals surface area contributed by atoms with Gasteiger partial charge in [0.1, 0.15) is 0 Å². The molecule has 45 heavy (non-hydrogen) atoms. The van der Waals surface area contributed by atoms with Crippen LogP contribution in [0.15, 0.2) is 24.3 Å². The molecule has 2 unspecified atom stereocenters. The second-order valence-electron chi connectivity index (χ2n) is 17.8. The van der Waals surface area contributed by atoms with E-state index in [0.29, 0.717) is 47.6 Å². The van der Waals surface area contributed by atoms with Gasteiger partial charge in [-0.25, -0.2) is 4.79 Å². The minimum Gasteiger partial charge on any atom is -0.478 e. The number of rotatable bonds is 6. The van der Waals surface area contributed by atoms with Crippen molar-refractivity contribution in [1.29, 1.82) is 0 Å². The molecule has 5 saturated carbocycles. The van der Waals surface area contributed by atoms with Gasteiger partial charge < -0.3 is 26.4 Å². The average molecular weight is 619 g/mol. The smallest absolute Gasteiger partial charge is 0.335 e. The van der Waals surface area contributed by atoms with Crippen molar-refractivity contribution in [2.75, 3.05) is 20.6 Å². The molecule has 0 radical (unpaired) electrons. The Hall–Kier alpha value is -1.96. The molecule has 0 aromatic heterocycles. The Balaban J connectivity index is 1.20. The molecular formula is C38H58N4O3. The number of benzene rings is 1. The van der Waals surface area contributed by atoms with Crippen molar-refractivity contribution < 1.29 is 14.7 Å². The summed E-state index contributed by atoms with van der Waals surface area (Å²) in [4.78, 5) is 26.8. The van der Waals surface area contributed by atoms with Gasteiger partial charge in [-0.2, -0.15) is 0 Å². The summed E-state index contributed by atoms with van der Waals surface area (Å²) < 4.78 is 0. The average Bonchev–Trinajstić information content (AvgIpc) is 3.44. The van der Waals surface area contributed by atoms with Crippen LogP contribution < -0.4 is 16.4 Å². The van der Waals surface area contributed by atoms with Crippen molar-refractivity contribution in [2.45, 2.75) is 127 Å². The molecule has 248 valence electrons. The molecule has 0 bridgehead atoms. The SMILES string of the molecule is CC(C)[C@@H]1CCC2(NC(=O)CN(C)C)CC[C@]3(N)[C@H](CC[C@H]4[C@@]3(C)CC[C@@]35NC3(C)[C@H](c3ccc(C(=O)O)cc3)CC[C@]45C)[C@@H]12. The van der Waals surface area contributed by atoms with Gasteiger partial charge in [-0.15, -0.1) is 0 Å². The number of hydrogen-bond donors (Lipinski definition) is 4. The maximum atomic E-state index is 13.3. The van der Waals surface area contributed by atoms with Crippen molar-refractivity contribution >= 4 is 11.9 Å². The quantitative estimate of drug-likeness (QED) is 0.300. The van der Waals surface area contributed by atoms with Crippen LogP contribution in [0.2, 0.25) is 0 Å². The van der Waals surface area contributed by atoms with Crippen LogP contribution in [0.4, 0.5) is 0 Å². The van der Waals surface area contributed by atoms with Crippen molar-refractivity contribution in [3.8, 4) is 0 Å². The van der Waals surface area contributed by atoms with Crippen LogP contribution in [-0.2, 0) is 4.79 Å². The van der Waals surface area contributed by atoms with Crippen LogP contribution in [0.25, 0.3) is 0 Å². The van der Waals surface area contributed by atoms with E-state index in [1.807, 2.05) is 19.0 Å². The first-order valence-electron chi connectivity index (χ1n) is 17.9. The number of hydrogen-bond acceptors (Lipinski definition) is 5. The number of carbonyl (C=O) groups is 2. The van der Waals surface area contributed by atoms with E-state index in [0.717, 1.165) is 38.5 Å². The molecule has 1 heterocycles. The number of fused-ring (bicyclic) bond motifs is 6. The number of amides is 1. The normalized spacial score (nSPS) is 48.1. The minimum absolute atomic E-state index is 0.0112. The molecule has 1 spiro atoms. The number of aromatic carboxylic acids is 1. The lowest BCUT2D eigenvalue weighted by atomic mass is 9.35. The van der Waals surface area contributed by atoms with Crippen LogP contribution >= 0.6 is 0 Å². The first-order valence-corrected chi connectivity index (χ1v) is 17.9. The number of nitrogens with two attached hydrogens (primary N) is 1. The Morgan fingerprint density at radius 2 is 1.67 bits per heavy atom. The van der Waals surface area contributed by atoms with Crippen LogP contribution in [0, 0.1) is 40.4 Å². The summed E-state index contributed by atoms with van der Waals surface area (Å²) in [7, 11) is 3.96. The number of carboxylic acids is 1. The molecule has 5 aliphatic carbocycles. The highest BCUT2D eigenvalue weighted by Gasteiger charge is 2.82. The van der Waals surface area contributed by atoms with E-state index in [4.69, 9.17) is 5.73 Å². The van der Waals surface area contributed by atoms with Crippen molar-refractivity contribution in [3.63, 3.8) is 0 Å². The highest BCUT2D eigenvalue weighted by atomic mass is 16.4. The van der Waals surface area contributed by atoms with Gasteiger partial charge in [0.25, 0.3) is 0 Å². The highest BCUT2D eigenvalue weighted by molar-refractivity contribution is 5.87. The monoisotopic (exact) mass is 618 g/mol. The van der Waals surface area contributed by atoms with Crippen LogP contribution in [-0.4, -0.2) is 64.7 Å². The fourth-order valence-corrected chi connectivity index (χ4v) is 13.6. The molecule has 6 fully saturated rings. The highest BCUT2D eigenvalue weighted by Crippen LogP contribution is 2.78. The van der Waals surface area contributed by atoms with E-state index >= 15 is 0 Å². The van der Waals surface area contributed by atoms with Crippen molar-refractivity contribution in [3.05, 3.63) is 35.4 Å². The molecular weight excluding hydrogens is 560 g/mol. The Labute approximate surface area is 270 Å². The van der Waals surface area contributed by atoms with Gasteiger partial charge >= 0.3 is 5.97 Å². The Kier molecular flexibility index (Phi) is 7.05. The van der Waals surface area contributed by atoms with Gasteiger partial charge in [0.15, 0.2) is 0 Å². The van der Waals surface area contributed by atoms with Crippen LogP contribution in [0.5, 0.6) is 0 Å². The van der Waals surface area contributed by atoms with E-state index < -0.39 is 5.97 Å². The van der Waals surface area contributed by atoms with Crippen LogP contribution in [0.1, 0.15) is 121 Å². The second-order valence-corrected chi connectivity index (χ2v) is 17.8. The Morgan fingerprint density at radius 1 is 0.956 bits per heavy atom. The third-order valence-electron chi connectivity index (χ3n) is 15.7. The topological polar surface area (TPSA) is 118 Å². The fraction of sp³-hybridized carbons (Fsp3) is 0.789. The lowest BCUT2D eigenvalue weighted by molar-refractivity contribution is -0.180. The van der Waals surface area contributed by atoms with E-state index in [1.165, 1.54) is 31.2 Å². The molecule has 1 aliphatic heterocycles. The van der Waals surface area contributed by atoms with E-state index in [-0.39, 0.29) is 38.9 Å². The standard InChI is InChI=1S/C38H58N4O3/c1-23(2)26-14-17-36(40-30(43)22-42(6)7)19-20-37(39)28(31(26)36)12-13-29-33(37,3)18-21-38-34(29,4)16-15-27(35(38,5)41-38)24-8-10-25(11-9-24)32(44)45/h8-11,23,26-29,31,41H,12-22,39H2,1-7H3,(H,40,43)(H,44,45)/t26-,27-,28+,29-,31+,33+,34+,35?,36?,37-,38-/m0/s1. The molecule has 1 aromatic carbocycles. The zero-order valence-corrected chi connectivity index (χ0v) is 28.8. The molecule has 11 atom stereocenters. The first kappa shape index (κ1) is 31.6. The van der Waals surface area contributed by atoms with E-state index in [1.54, 1.807) is 12.1 Å². The predicted molar refractivity (Wildman–Crippen MR) is 178 cm³/mol. The molecule has 1 amide bonds.